The summed E-state index contributed by atoms with van der Waals surface area (Å²) >= 11 is 0. The summed E-state index contributed by atoms with van der Waals surface area (Å²) in [6.45, 7) is 0. The number of fused-ring (bicyclic) bond motifs is 1. The molecule has 2 aromatic rings. The average Bonchev–Trinajstić information content (AvgIpc) is 2.64. The molecule has 1 atom stereocenters. The number of amides is 1. The Morgan fingerprint density at radius 3 is 2.39 bits per heavy atom. The van der Waals surface area contributed by atoms with Crippen molar-refractivity contribution in [2.24, 2.45) is 0 Å². The molecule has 0 saturated carbocycles. The third-order valence-corrected chi connectivity index (χ3v) is 3.18. The van der Waals surface area contributed by atoms with E-state index in [2.05, 4.69) is 5.32 Å². The topological polar surface area (TPSA) is 69.6 Å². The molecule has 0 saturated heterocycles. The number of anilines is 1. The second-order valence-corrected chi connectivity index (χ2v) is 4.26. The van der Waals surface area contributed by atoms with Crippen LogP contribution in [0.2, 0.25) is 0 Å². The summed E-state index contributed by atoms with van der Waals surface area (Å²) < 4.78 is 0. The lowest BCUT2D eigenvalue weighted by molar-refractivity contribution is -0.129. The molecule has 0 aliphatic carbocycles. The van der Waals surface area contributed by atoms with E-state index in [-0.39, 0.29) is 5.75 Å². The fraction of sp³-hybridized carbons (Fsp3) is 0.0714. The molecule has 4 nitrogen and oxygen atoms in total. The fourth-order valence-electron chi connectivity index (χ4n) is 2.23. The molecule has 0 bridgehead atoms. The van der Waals surface area contributed by atoms with Gasteiger partial charge in [-0.1, -0.05) is 30.3 Å². The van der Waals surface area contributed by atoms with Crippen molar-refractivity contribution >= 4 is 11.6 Å². The molecule has 0 fully saturated rings. The number of aliphatic hydroxyl groups is 1. The molecule has 1 amide bonds. The van der Waals surface area contributed by atoms with Crippen molar-refractivity contribution in [3.63, 3.8) is 0 Å². The normalized spacial score (nSPS) is 21.5. The zero-order valence-electron chi connectivity index (χ0n) is 9.42. The molecule has 90 valence electrons. The van der Waals surface area contributed by atoms with Crippen molar-refractivity contribution in [1.29, 1.82) is 0 Å². The lowest BCUT2D eigenvalue weighted by atomic mass is 9.87. The van der Waals surface area contributed by atoms with Crippen LogP contribution >= 0.6 is 0 Å². The molecule has 0 spiro atoms. The van der Waals surface area contributed by atoms with Crippen LogP contribution in [0.3, 0.4) is 0 Å². The van der Waals surface area contributed by atoms with Crippen molar-refractivity contribution in [2.45, 2.75) is 5.60 Å². The van der Waals surface area contributed by atoms with Crippen LogP contribution in [0.15, 0.2) is 48.5 Å². The Morgan fingerprint density at radius 1 is 1.00 bits per heavy atom. The second-order valence-electron chi connectivity index (χ2n) is 4.26. The number of hydrogen-bond acceptors (Lipinski definition) is 3. The SMILES string of the molecule is O=C1Nc2ccccc2C1(O)c1ccc(O)cc1. The Kier molecular flexibility index (Phi) is 2.15. The molecular formula is C14H11NO3. The van der Waals surface area contributed by atoms with Crippen LogP contribution in [0.5, 0.6) is 5.75 Å². The number of carbonyl (C=O) groups excluding carboxylic acids is 1. The zero-order valence-corrected chi connectivity index (χ0v) is 9.42. The van der Waals surface area contributed by atoms with E-state index in [0.29, 0.717) is 16.8 Å². The van der Waals surface area contributed by atoms with Gasteiger partial charge in [-0.05, 0) is 23.8 Å². The van der Waals surface area contributed by atoms with E-state index in [0.717, 1.165) is 0 Å². The van der Waals surface area contributed by atoms with E-state index in [1.807, 2.05) is 0 Å². The van der Waals surface area contributed by atoms with Gasteiger partial charge in [-0.15, -0.1) is 0 Å². The summed E-state index contributed by atoms with van der Waals surface area (Å²) in [5, 5.41) is 22.6. The van der Waals surface area contributed by atoms with Crippen molar-refractivity contribution in [1.82, 2.24) is 0 Å². The van der Waals surface area contributed by atoms with Gasteiger partial charge < -0.3 is 15.5 Å². The first kappa shape index (κ1) is 10.8. The zero-order chi connectivity index (χ0) is 12.8. The Balaban J connectivity index is 2.20. The first-order valence-corrected chi connectivity index (χ1v) is 5.55. The number of hydrogen-bond donors (Lipinski definition) is 3. The fourth-order valence-corrected chi connectivity index (χ4v) is 2.23. The molecular weight excluding hydrogens is 230 g/mol. The van der Waals surface area contributed by atoms with Gasteiger partial charge in [-0.2, -0.15) is 0 Å². The maximum absolute atomic E-state index is 12.0. The molecule has 1 heterocycles. The lowest BCUT2D eigenvalue weighted by Crippen LogP contribution is -2.35. The largest absolute Gasteiger partial charge is 0.508 e. The molecule has 4 heteroatoms. The van der Waals surface area contributed by atoms with Gasteiger partial charge >= 0.3 is 0 Å². The summed E-state index contributed by atoms with van der Waals surface area (Å²) in [7, 11) is 0. The van der Waals surface area contributed by atoms with Crippen molar-refractivity contribution in [3.05, 3.63) is 59.7 Å². The molecule has 3 N–H and O–H groups in total. The van der Waals surface area contributed by atoms with E-state index in [1.165, 1.54) is 24.3 Å². The molecule has 18 heavy (non-hydrogen) atoms. The minimum atomic E-state index is -1.69. The van der Waals surface area contributed by atoms with E-state index < -0.39 is 11.5 Å². The van der Waals surface area contributed by atoms with Gasteiger partial charge in [-0.25, -0.2) is 0 Å². The van der Waals surface area contributed by atoms with Crippen molar-refractivity contribution in [2.75, 3.05) is 5.32 Å². The summed E-state index contributed by atoms with van der Waals surface area (Å²) in [5.41, 5.74) is -0.119. The minimum absolute atomic E-state index is 0.0917. The van der Waals surface area contributed by atoms with Gasteiger partial charge in [0.15, 0.2) is 5.60 Å². The van der Waals surface area contributed by atoms with E-state index >= 15 is 0 Å². The molecule has 1 aliphatic heterocycles. The number of rotatable bonds is 1. The molecule has 2 aromatic carbocycles. The number of nitrogens with one attached hydrogen (secondary N) is 1. The standard InChI is InChI=1S/C14H11NO3/c16-10-7-5-9(6-8-10)14(18)11-3-1-2-4-12(11)15-13(14)17/h1-8,16,18H,(H,15,17). The van der Waals surface area contributed by atoms with Gasteiger partial charge in [0.25, 0.3) is 5.91 Å². The molecule has 1 unspecified atom stereocenters. The van der Waals surface area contributed by atoms with Gasteiger partial charge in [0, 0.05) is 11.3 Å². The molecule has 1 aliphatic rings. The van der Waals surface area contributed by atoms with Crippen molar-refractivity contribution < 1.29 is 15.0 Å². The lowest BCUT2D eigenvalue weighted by Gasteiger charge is -2.21. The van der Waals surface area contributed by atoms with Gasteiger partial charge in [0.2, 0.25) is 0 Å². The number of carbonyl (C=O) groups is 1. The predicted molar refractivity (Wildman–Crippen MR) is 66.2 cm³/mol. The highest BCUT2D eigenvalue weighted by Crippen LogP contribution is 2.40. The monoisotopic (exact) mass is 241 g/mol. The number of para-hydroxylation sites is 1. The predicted octanol–water partition coefficient (Wildman–Crippen LogP) is 1.58. The molecule has 0 aromatic heterocycles. The van der Waals surface area contributed by atoms with Crippen LogP contribution in [0, 0.1) is 0 Å². The van der Waals surface area contributed by atoms with E-state index in [9.17, 15) is 15.0 Å². The summed E-state index contributed by atoms with van der Waals surface area (Å²) in [5.74, 6) is -0.386. The van der Waals surface area contributed by atoms with Crippen LogP contribution < -0.4 is 5.32 Å². The van der Waals surface area contributed by atoms with Crippen molar-refractivity contribution in [3.8, 4) is 5.75 Å². The van der Waals surface area contributed by atoms with Crippen LogP contribution in [-0.2, 0) is 10.4 Å². The summed E-state index contributed by atoms with van der Waals surface area (Å²) in [6.07, 6.45) is 0. The third kappa shape index (κ3) is 1.33. The van der Waals surface area contributed by atoms with Crippen LogP contribution in [0.1, 0.15) is 11.1 Å². The van der Waals surface area contributed by atoms with Crippen LogP contribution in [-0.4, -0.2) is 16.1 Å². The summed E-state index contributed by atoms with van der Waals surface area (Å²) in [4.78, 5) is 12.0. The van der Waals surface area contributed by atoms with Gasteiger partial charge in [-0.3, -0.25) is 4.79 Å². The average molecular weight is 241 g/mol. The van der Waals surface area contributed by atoms with E-state index in [1.54, 1.807) is 24.3 Å². The minimum Gasteiger partial charge on any atom is -0.508 e. The highest BCUT2D eigenvalue weighted by atomic mass is 16.3. The molecule has 3 rings (SSSR count). The Morgan fingerprint density at radius 2 is 1.67 bits per heavy atom. The highest BCUT2D eigenvalue weighted by Gasteiger charge is 2.46. The number of phenolic OH excluding ortho intramolecular Hbond substituents is 1. The quantitative estimate of drug-likeness (QED) is 0.710. The van der Waals surface area contributed by atoms with Gasteiger partial charge in [0.05, 0.1) is 0 Å². The summed E-state index contributed by atoms with van der Waals surface area (Å²) in [6, 6.07) is 13.0. The number of aromatic hydroxyl groups is 1. The first-order chi connectivity index (χ1) is 8.62. The number of benzene rings is 2. The van der Waals surface area contributed by atoms with Crippen LogP contribution in [0.4, 0.5) is 5.69 Å². The highest BCUT2D eigenvalue weighted by molar-refractivity contribution is 6.07. The van der Waals surface area contributed by atoms with Gasteiger partial charge in [0.1, 0.15) is 5.75 Å². The first-order valence-electron chi connectivity index (χ1n) is 5.55. The molecule has 0 radical (unpaired) electrons. The maximum Gasteiger partial charge on any atom is 0.265 e. The Hall–Kier alpha value is -2.33. The van der Waals surface area contributed by atoms with Crippen LogP contribution in [0.25, 0.3) is 0 Å². The smallest absolute Gasteiger partial charge is 0.265 e. The Labute approximate surface area is 104 Å². The Bertz CT molecular complexity index is 621. The second kappa shape index (κ2) is 3.58. The number of phenols is 1. The van der Waals surface area contributed by atoms with E-state index in [4.69, 9.17) is 0 Å². The maximum atomic E-state index is 12.0. The third-order valence-electron chi connectivity index (χ3n) is 3.18.